The van der Waals surface area contributed by atoms with E-state index in [2.05, 4.69) is 29.8 Å². The van der Waals surface area contributed by atoms with Crippen LogP contribution in [0.4, 0.5) is 0 Å². The van der Waals surface area contributed by atoms with Gasteiger partial charge in [-0.3, -0.25) is 4.90 Å². The monoisotopic (exact) mass is 288 g/mol. The van der Waals surface area contributed by atoms with Gasteiger partial charge in [0.1, 0.15) is 12.0 Å². The molecular formula is C17H24N2O2. The van der Waals surface area contributed by atoms with Gasteiger partial charge in [0.15, 0.2) is 5.89 Å². The minimum atomic E-state index is 0.337. The van der Waals surface area contributed by atoms with E-state index < -0.39 is 0 Å². The second kappa shape index (κ2) is 6.48. The van der Waals surface area contributed by atoms with Crippen molar-refractivity contribution >= 4 is 0 Å². The molecule has 0 aliphatic carbocycles. The molecule has 0 N–H and O–H groups in total. The van der Waals surface area contributed by atoms with Gasteiger partial charge in [-0.15, -0.1) is 0 Å². The summed E-state index contributed by atoms with van der Waals surface area (Å²) in [5.41, 5.74) is 1.03. The Morgan fingerprint density at radius 1 is 1.29 bits per heavy atom. The molecule has 2 aromatic heterocycles. The third-order valence-electron chi connectivity index (χ3n) is 4.16. The zero-order valence-corrected chi connectivity index (χ0v) is 12.9. The summed E-state index contributed by atoms with van der Waals surface area (Å²) in [6.07, 6.45) is 8.53. The molecule has 1 fully saturated rings. The third kappa shape index (κ3) is 3.38. The summed E-state index contributed by atoms with van der Waals surface area (Å²) in [5, 5.41) is 0. The Bertz CT molecular complexity index is 545. The summed E-state index contributed by atoms with van der Waals surface area (Å²) in [6, 6.07) is 4.43. The Hall–Kier alpha value is -1.55. The van der Waals surface area contributed by atoms with Gasteiger partial charge in [0.05, 0.1) is 18.0 Å². The van der Waals surface area contributed by atoms with Crippen LogP contribution in [-0.2, 0) is 6.54 Å². The van der Waals surface area contributed by atoms with Crippen molar-refractivity contribution in [2.24, 2.45) is 0 Å². The Kier molecular flexibility index (Phi) is 4.44. The van der Waals surface area contributed by atoms with Crippen LogP contribution in [0, 0.1) is 0 Å². The SMILES string of the molecule is CC(C)c1nc(CN2CCCCCC2c2ccco2)co1. The lowest BCUT2D eigenvalue weighted by Crippen LogP contribution is -2.28. The zero-order chi connectivity index (χ0) is 14.7. The summed E-state index contributed by atoms with van der Waals surface area (Å²) in [5.74, 6) is 2.24. The molecule has 1 aliphatic heterocycles. The van der Waals surface area contributed by atoms with Crippen molar-refractivity contribution in [2.45, 2.75) is 58.0 Å². The van der Waals surface area contributed by atoms with Gasteiger partial charge >= 0.3 is 0 Å². The average molecular weight is 288 g/mol. The fraction of sp³-hybridized carbons (Fsp3) is 0.588. The molecule has 1 unspecified atom stereocenters. The van der Waals surface area contributed by atoms with Gasteiger partial charge in [-0.2, -0.15) is 0 Å². The van der Waals surface area contributed by atoms with Gasteiger partial charge in [0.2, 0.25) is 0 Å². The van der Waals surface area contributed by atoms with E-state index in [-0.39, 0.29) is 0 Å². The van der Waals surface area contributed by atoms with Gasteiger partial charge in [-0.25, -0.2) is 4.98 Å². The van der Waals surface area contributed by atoms with Crippen molar-refractivity contribution in [3.63, 3.8) is 0 Å². The van der Waals surface area contributed by atoms with E-state index in [9.17, 15) is 0 Å². The highest BCUT2D eigenvalue weighted by Gasteiger charge is 2.25. The van der Waals surface area contributed by atoms with Crippen molar-refractivity contribution in [3.05, 3.63) is 42.0 Å². The van der Waals surface area contributed by atoms with E-state index in [1.54, 1.807) is 12.5 Å². The normalized spacial score (nSPS) is 20.8. The van der Waals surface area contributed by atoms with Crippen molar-refractivity contribution in [1.29, 1.82) is 0 Å². The lowest BCUT2D eigenvalue weighted by Gasteiger charge is -2.27. The molecule has 4 nitrogen and oxygen atoms in total. The summed E-state index contributed by atoms with van der Waals surface area (Å²) < 4.78 is 11.2. The maximum Gasteiger partial charge on any atom is 0.196 e. The number of rotatable bonds is 4. The molecule has 114 valence electrons. The lowest BCUT2D eigenvalue weighted by atomic mass is 10.1. The Labute approximate surface area is 126 Å². The molecule has 2 aromatic rings. The second-order valence-corrected chi connectivity index (χ2v) is 6.18. The van der Waals surface area contributed by atoms with Crippen molar-refractivity contribution in [2.75, 3.05) is 6.54 Å². The number of nitrogens with zero attached hydrogens (tertiary/aromatic N) is 2. The van der Waals surface area contributed by atoms with Crippen molar-refractivity contribution < 1.29 is 8.83 Å². The molecular weight excluding hydrogens is 264 g/mol. The molecule has 0 radical (unpaired) electrons. The molecule has 1 aliphatic rings. The lowest BCUT2D eigenvalue weighted by molar-refractivity contribution is 0.167. The fourth-order valence-electron chi connectivity index (χ4n) is 3.03. The number of hydrogen-bond donors (Lipinski definition) is 0. The molecule has 4 heteroatoms. The van der Waals surface area contributed by atoms with Gasteiger partial charge in [-0.05, 0) is 31.5 Å². The smallest absolute Gasteiger partial charge is 0.196 e. The molecule has 0 amide bonds. The molecule has 0 saturated carbocycles. The Morgan fingerprint density at radius 3 is 2.90 bits per heavy atom. The highest BCUT2D eigenvalue weighted by molar-refractivity contribution is 5.07. The molecule has 0 aromatic carbocycles. The third-order valence-corrected chi connectivity index (χ3v) is 4.16. The topological polar surface area (TPSA) is 42.4 Å². The van der Waals surface area contributed by atoms with Crippen molar-refractivity contribution in [3.8, 4) is 0 Å². The van der Waals surface area contributed by atoms with E-state index in [1.807, 2.05) is 6.07 Å². The first kappa shape index (κ1) is 14.4. The summed E-state index contributed by atoms with van der Waals surface area (Å²) >= 11 is 0. The first-order valence-corrected chi connectivity index (χ1v) is 7.96. The maximum atomic E-state index is 5.65. The Balaban J connectivity index is 1.76. The average Bonchev–Trinajstić information content (AvgIpc) is 3.09. The number of oxazole rings is 1. The zero-order valence-electron chi connectivity index (χ0n) is 12.9. The van der Waals surface area contributed by atoms with Crippen LogP contribution in [0.5, 0.6) is 0 Å². The summed E-state index contributed by atoms with van der Waals surface area (Å²) in [7, 11) is 0. The largest absolute Gasteiger partial charge is 0.468 e. The number of furan rings is 1. The van der Waals surface area contributed by atoms with Gasteiger partial charge in [0.25, 0.3) is 0 Å². The quantitative estimate of drug-likeness (QED) is 0.830. The Morgan fingerprint density at radius 2 is 2.19 bits per heavy atom. The molecule has 0 spiro atoms. The predicted molar refractivity (Wildman–Crippen MR) is 80.9 cm³/mol. The van der Waals surface area contributed by atoms with Crippen LogP contribution in [0.1, 0.15) is 68.8 Å². The van der Waals surface area contributed by atoms with Gasteiger partial charge < -0.3 is 8.83 Å². The first-order valence-electron chi connectivity index (χ1n) is 7.96. The minimum Gasteiger partial charge on any atom is -0.468 e. The molecule has 3 rings (SSSR count). The van der Waals surface area contributed by atoms with Crippen LogP contribution in [0.2, 0.25) is 0 Å². The maximum absolute atomic E-state index is 5.65. The van der Waals surface area contributed by atoms with Crippen LogP contribution >= 0.6 is 0 Å². The summed E-state index contributed by atoms with van der Waals surface area (Å²) in [6.45, 7) is 6.14. The molecule has 1 saturated heterocycles. The second-order valence-electron chi connectivity index (χ2n) is 6.18. The van der Waals surface area contributed by atoms with Gasteiger partial charge in [-0.1, -0.05) is 26.7 Å². The van der Waals surface area contributed by atoms with E-state index in [0.717, 1.165) is 36.9 Å². The van der Waals surface area contributed by atoms with E-state index in [1.165, 1.54) is 19.3 Å². The molecule has 0 bridgehead atoms. The van der Waals surface area contributed by atoms with Crippen LogP contribution < -0.4 is 0 Å². The first-order chi connectivity index (χ1) is 10.2. The highest BCUT2D eigenvalue weighted by Crippen LogP contribution is 2.31. The fourth-order valence-corrected chi connectivity index (χ4v) is 3.03. The highest BCUT2D eigenvalue weighted by atomic mass is 16.3. The van der Waals surface area contributed by atoms with Crippen LogP contribution in [0.15, 0.2) is 33.5 Å². The number of likely N-dealkylation sites (tertiary alicyclic amines) is 1. The van der Waals surface area contributed by atoms with E-state index in [4.69, 9.17) is 8.83 Å². The number of aromatic nitrogens is 1. The van der Waals surface area contributed by atoms with E-state index >= 15 is 0 Å². The van der Waals surface area contributed by atoms with Crippen LogP contribution in [0.25, 0.3) is 0 Å². The van der Waals surface area contributed by atoms with E-state index in [0.29, 0.717) is 12.0 Å². The van der Waals surface area contributed by atoms with Crippen LogP contribution in [0.3, 0.4) is 0 Å². The molecule has 3 heterocycles. The molecule has 21 heavy (non-hydrogen) atoms. The van der Waals surface area contributed by atoms with Gasteiger partial charge in [0, 0.05) is 12.5 Å². The minimum absolute atomic E-state index is 0.337. The predicted octanol–water partition coefficient (Wildman–Crippen LogP) is 4.51. The van der Waals surface area contributed by atoms with Crippen molar-refractivity contribution in [1.82, 2.24) is 9.88 Å². The standard InChI is InChI=1S/C17H24N2O2/c1-13(2)17-18-14(12-21-17)11-19-9-5-3-4-7-15(19)16-8-6-10-20-16/h6,8,10,12-13,15H,3-5,7,9,11H2,1-2H3. The number of hydrogen-bond acceptors (Lipinski definition) is 4. The van der Waals surface area contributed by atoms with Crippen LogP contribution in [-0.4, -0.2) is 16.4 Å². The summed E-state index contributed by atoms with van der Waals surface area (Å²) in [4.78, 5) is 7.09. The molecule has 1 atom stereocenters.